The molecule has 2 aromatic carbocycles. The van der Waals surface area contributed by atoms with E-state index in [1.807, 2.05) is 58.7 Å². The number of hydrogen-bond acceptors (Lipinski definition) is 5. The molecule has 6 nitrogen and oxygen atoms in total. The monoisotopic (exact) mass is 433 g/mol. The van der Waals surface area contributed by atoms with E-state index in [4.69, 9.17) is 14.6 Å². The molecule has 158 valence electrons. The number of carbonyl (C=O) groups is 1. The number of methoxy groups -OCH3 is 2. The quantitative estimate of drug-likeness (QED) is 0.416. The van der Waals surface area contributed by atoms with Crippen molar-refractivity contribution in [2.75, 3.05) is 21.3 Å². The summed E-state index contributed by atoms with van der Waals surface area (Å²) in [6, 6.07) is 19.2. The fourth-order valence-electron chi connectivity index (χ4n) is 3.37. The highest BCUT2D eigenvalue weighted by Gasteiger charge is 2.21. The molecule has 31 heavy (non-hydrogen) atoms. The van der Waals surface area contributed by atoms with Crippen LogP contribution in [0.5, 0.6) is 11.5 Å². The van der Waals surface area contributed by atoms with E-state index in [1.165, 1.54) is 0 Å². The number of thiophene rings is 1. The van der Waals surface area contributed by atoms with Gasteiger partial charge in [-0.05, 0) is 35.7 Å². The number of aromatic nitrogens is 2. The lowest BCUT2D eigenvalue weighted by Gasteiger charge is -2.19. The molecular formula is C24H23N3O3S. The number of amides is 1. The van der Waals surface area contributed by atoms with Gasteiger partial charge in [-0.15, -0.1) is 11.3 Å². The second-order valence-corrected chi connectivity index (χ2v) is 7.94. The zero-order valence-corrected chi connectivity index (χ0v) is 18.4. The van der Waals surface area contributed by atoms with Crippen LogP contribution in [0.2, 0.25) is 0 Å². The number of benzene rings is 2. The molecule has 2 heterocycles. The summed E-state index contributed by atoms with van der Waals surface area (Å²) in [7, 11) is 4.91. The Kier molecular flexibility index (Phi) is 6.04. The number of hydrogen-bond donors (Lipinski definition) is 0. The minimum Gasteiger partial charge on any atom is -0.497 e. The molecule has 0 atom stereocenters. The summed E-state index contributed by atoms with van der Waals surface area (Å²) in [6.45, 7) is 0.411. The second kappa shape index (κ2) is 9.06. The highest BCUT2D eigenvalue weighted by molar-refractivity contribution is 7.13. The van der Waals surface area contributed by atoms with Crippen molar-refractivity contribution in [3.05, 3.63) is 83.4 Å². The molecule has 0 bridgehead atoms. The third kappa shape index (κ3) is 4.32. The van der Waals surface area contributed by atoms with Crippen molar-refractivity contribution in [3.63, 3.8) is 0 Å². The van der Waals surface area contributed by atoms with Gasteiger partial charge in [0.05, 0.1) is 30.3 Å². The lowest BCUT2D eigenvalue weighted by Crippen LogP contribution is -2.26. The van der Waals surface area contributed by atoms with E-state index in [-0.39, 0.29) is 5.91 Å². The Morgan fingerprint density at radius 1 is 1.06 bits per heavy atom. The first-order chi connectivity index (χ1) is 15.1. The Hall–Kier alpha value is -3.58. The van der Waals surface area contributed by atoms with E-state index >= 15 is 0 Å². The van der Waals surface area contributed by atoms with Crippen molar-refractivity contribution in [2.45, 2.75) is 6.54 Å². The maximum atomic E-state index is 13.2. The fourth-order valence-corrected chi connectivity index (χ4v) is 4.11. The third-order valence-electron chi connectivity index (χ3n) is 4.96. The first-order valence-electron chi connectivity index (χ1n) is 9.76. The van der Waals surface area contributed by atoms with Crippen LogP contribution in [0.4, 0.5) is 0 Å². The molecule has 0 N–H and O–H groups in total. The van der Waals surface area contributed by atoms with E-state index in [2.05, 4.69) is 0 Å². The van der Waals surface area contributed by atoms with Crippen LogP contribution >= 0.6 is 11.3 Å². The summed E-state index contributed by atoms with van der Waals surface area (Å²) in [5.41, 5.74) is 3.30. The molecule has 0 unspecified atom stereocenters. The van der Waals surface area contributed by atoms with Gasteiger partial charge >= 0.3 is 0 Å². The molecule has 0 saturated heterocycles. The standard InChI is InChI=1S/C24H23N3O3S/c1-26(24(28)20-12-11-19(29-2)14-21(20)30-3)15-17-16-27(18-8-5-4-6-9-18)25-23(17)22-10-7-13-31-22/h4-14,16H,15H2,1-3H3. The Bertz CT molecular complexity index is 1170. The summed E-state index contributed by atoms with van der Waals surface area (Å²) in [4.78, 5) is 15.9. The average molecular weight is 434 g/mol. The van der Waals surface area contributed by atoms with E-state index in [0.717, 1.165) is 21.8 Å². The fraction of sp³-hybridized carbons (Fsp3) is 0.167. The van der Waals surface area contributed by atoms with Crippen molar-refractivity contribution >= 4 is 17.2 Å². The molecule has 1 amide bonds. The number of nitrogens with zero attached hydrogens (tertiary/aromatic N) is 3. The van der Waals surface area contributed by atoms with Gasteiger partial charge in [0, 0.05) is 31.4 Å². The normalized spacial score (nSPS) is 10.7. The first-order valence-corrected chi connectivity index (χ1v) is 10.6. The molecule has 0 radical (unpaired) electrons. The van der Waals surface area contributed by atoms with E-state index in [9.17, 15) is 4.79 Å². The summed E-state index contributed by atoms with van der Waals surface area (Å²) in [5, 5.41) is 6.84. The van der Waals surface area contributed by atoms with Gasteiger partial charge in [-0.3, -0.25) is 4.79 Å². The van der Waals surface area contributed by atoms with Crippen LogP contribution in [0.1, 0.15) is 15.9 Å². The zero-order chi connectivity index (χ0) is 21.8. The number of carbonyl (C=O) groups excluding carboxylic acids is 1. The lowest BCUT2D eigenvalue weighted by atomic mass is 10.1. The van der Waals surface area contributed by atoms with Crippen molar-refractivity contribution in [1.29, 1.82) is 0 Å². The van der Waals surface area contributed by atoms with Gasteiger partial charge in [0.15, 0.2) is 0 Å². The molecule has 0 saturated carbocycles. The van der Waals surface area contributed by atoms with Crippen LogP contribution in [0, 0.1) is 0 Å². The SMILES string of the molecule is COc1ccc(C(=O)N(C)Cc2cn(-c3ccccc3)nc2-c2cccs2)c(OC)c1. The molecule has 0 fully saturated rings. The molecule has 0 spiro atoms. The maximum Gasteiger partial charge on any atom is 0.257 e. The van der Waals surface area contributed by atoms with Gasteiger partial charge in [0.2, 0.25) is 0 Å². The molecule has 2 aromatic heterocycles. The van der Waals surface area contributed by atoms with Gasteiger partial charge in [0.25, 0.3) is 5.91 Å². The minimum absolute atomic E-state index is 0.135. The van der Waals surface area contributed by atoms with Crippen molar-refractivity contribution in [3.8, 4) is 27.8 Å². The summed E-state index contributed by atoms with van der Waals surface area (Å²) in [5.74, 6) is 0.985. The zero-order valence-electron chi connectivity index (χ0n) is 17.6. The molecule has 4 aromatic rings. The molecule has 4 rings (SSSR count). The average Bonchev–Trinajstić information content (AvgIpc) is 3.48. The van der Waals surface area contributed by atoms with Gasteiger partial charge in [-0.1, -0.05) is 24.3 Å². The third-order valence-corrected chi connectivity index (χ3v) is 5.84. The number of ether oxygens (including phenoxy) is 2. The summed E-state index contributed by atoms with van der Waals surface area (Å²) in [6.07, 6.45) is 1.99. The van der Waals surface area contributed by atoms with Crippen LogP contribution in [0.15, 0.2) is 72.2 Å². The Balaban J connectivity index is 1.65. The number of rotatable bonds is 7. The second-order valence-electron chi connectivity index (χ2n) is 6.99. The van der Waals surface area contributed by atoms with Gasteiger partial charge in [0.1, 0.15) is 17.2 Å². The predicted molar refractivity (Wildman–Crippen MR) is 122 cm³/mol. The summed E-state index contributed by atoms with van der Waals surface area (Å²) >= 11 is 1.63. The van der Waals surface area contributed by atoms with Crippen molar-refractivity contribution in [1.82, 2.24) is 14.7 Å². The largest absolute Gasteiger partial charge is 0.497 e. The molecule has 0 aliphatic rings. The van der Waals surface area contributed by atoms with Crippen LogP contribution < -0.4 is 9.47 Å². The highest BCUT2D eigenvalue weighted by Crippen LogP contribution is 2.30. The van der Waals surface area contributed by atoms with E-state index < -0.39 is 0 Å². The van der Waals surface area contributed by atoms with Crippen LogP contribution in [0.3, 0.4) is 0 Å². The van der Waals surface area contributed by atoms with Gasteiger partial charge in [-0.2, -0.15) is 5.10 Å². The molecule has 7 heteroatoms. The maximum absolute atomic E-state index is 13.2. The highest BCUT2D eigenvalue weighted by atomic mass is 32.1. The first kappa shape index (κ1) is 20.7. The summed E-state index contributed by atoms with van der Waals surface area (Å²) < 4.78 is 12.5. The van der Waals surface area contributed by atoms with Gasteiger partial charge in [-0.25, -0.2) is 4.68 Å². The van der Waals surface area contributed by atoms with Crippen LogP contribution in [-0.4, -0.2) is 41.9 Å². The predicted octanol–water partition coefficient (Wildman–Crippen LogP) is 4.89. The van der Waals surface area contributed by atoms with Gasteiger partial charge < -0.3 is 14.4 Å². The smallest absolute Gasteiger partial charge is 0.257 e. The molecular weight excluding hydrogens is 410 g/mol. The van der Waals surface area contributed by atoms with Crippen LogP contribution in [-0.2, 0) is 6.54 Å². The minimum atomic E-state index is -0.135. The lowest BCUT2D eigenvalue weighted by molar-refractivity contribution is 0.0782. The Labute approximate surface area is 185 Å². The Morgan fingerprint density at radius 3 is 2.55 bits per heavy atom. The van der Waals surface area contributed by atoms with Crippen molar-refractivity contribution in [2.24, 2.45) is 0 Å². The molecule has 0 aliphatic heterocycles. The topological polar surface area (TPSA) is 56.6 Å². The van der Waals surface area contributed by atoms with Crippen molar-refractivity contribution < 1.29 is 14.3 Å². The molecule has 0 aliphatic carbocycles. The van der Waals surface area contributed by atoms with Crippen LogP contribution in [0.25, 0.3) is 16.3 Å². The van der Waals surface area contributed by atoms with E-state index in [1.54, 1.807) is 55.7 Å². The Morgan fingerprint density at radius 2 is 1.87 bits per heavy atom. The van der Waals surface area contributed by atoms with E-state index in [0.29, 0.717) is 23.6 Å². The number of para-hydroxylation sites is 1.